The molecule has 0 spiro atoms. The number of carbonyl (C=O) groups is 1. The van der Waals surface area contributed by atoms with Crippen molar-refractivity contribution >= 4 is 21.6 Å². The summed E-state index contributed by atoms with van der Waals surface area (Å²) in [6.07, 6.45) is -5.00. The first kappa shape index (κ1) is 33.1. The van der Waals surface area contributed by atoms with E-state index in [-0.39, 0.29) is 41.0 Å². The molecule has 0 saturated heterocycles. The summed E-state index contributed by atoms with van der Waals surface area (Å²) in [5, 5.41) is 9.91. The van der Waals surface area contributed by atoms with Gasteiger partial charge in [-0.15, -0.1) is 0 Å². The maximum Gasteiger partial charge on any atom is 0.416 e. The van der Waals surface area contributed by atoms with Crippen molar-refractivity contribution in [2.75, 3.05) is 38.6 Å². The van der Waals surface area contributed by atoms with Gasteiger partial charge in [-0.3, -0.25) is 14.4 Å². The van der Waals surface area contributed by atoms with Gasteiger partial charge in [0.1, 0.15) is 11.9 Å². The summed E-state index contributed by atoms with van der Waals surface area (Å²) in [6.45, 7) is 4.19. The molecule has 44 heavy (non-hydrogen) atoms. The lowest BCUT2D eigenvalue weighted by Gasteiger charge is -2.38. The van der Waals surface area contributed by atoms with Gasteiger partial charge in [0.05, 0.1) is 41.5 Å². The molecule has 1 aliphatic rings. The molecule has 0 aliphatic carbocycles. The van der Waals surface area contributed by atoms with Gasteiger partial charge in [-0.1, -0.05) is 25.1 Å². The summed E-state index contributed by atoms with van der Waals surface area (Å²) in [4.78, 5) is 17.1. The minimum Gasteiger partial charge on any atom is -0.497 e. The van der Waals surface area contributed by atoms with Gasteiger partial charge in [0.25, 0.3) is 15.9 Å². The van der Waals surface area contributed by atoms with Crippen LogP contribution in [-0.2, 0) is 22.7 Å². The largest absolute Gasteiger partial charge is 0.497 e. The Morgan fingerprint density at radius 3 is 2.36 bits per heavy atom. The molecule has 13 heteroatoms. The number of nitrogens with one attached hydrogen (secondary N) is 1. The number of ether oxygens (including phenoxy) is 2. The Bertz CT molecular complexity index is 1550. The molecule has 3 aromatic rings. The van der Waals surface area contributed by atoms with Crippen LogP contribution in [0.25, 0.3) is 0 Å². The number of anilines is 1. The van der Waals surface area contributed by atoms with Crippen LogP contribution in [0, 0.1) is 5.92 Å². The number of rotatable bonds is 10. The van der Waals surface area contributed by atoms with Crippen molar-refractivity contribution in [1.29, 1.82) is 0 Å². The van der Waals surface area contributed by atoms with E-state index >= 15 is 0 Å². The molecule has 4 rings (SSSR count). The molecule has 0 bridgehead atoms. The predicted octanol–water partition coefficient (Wildman–Crippen LogP) is 4.87. The highest BCUT2D eigenvalue weighted by molar-refractivity contribution is 7.92. The molecule has 0 saturated carbocycles. The first-order chi connectivity index (χ1) is 20.7. The molecule has 0 unspecified atom stereocenters. The molecular weight excluding hydrogens is 599 g/mol. The molecule has 9 nitrogen and oxygen atoms in total. The number of alkyl halides is 3. The summed E-state index contributed by atoms with van der Waals surface area (Å²) in [5.41, 5.74) is 0.123. The van der Waals surface area contributed by atoms with Gasteiger partial charge in [-0.25, -0.2) is 8.42 Å². The second-order valence-electron chi connectivity index (χ2n) is 11.0. The minimum atomic E-state index is -4.43. The zero-order chi connectivity index (χ0) is 32.2. The van der Waals surface area contributed by atoms with E-state index < -0.39 is 39.8 Å². The van der Waals surface area contributed by atoms with Gasteiger partial charge in [0.2, 0.25) is 0 Å². The second kappa shape index (κ2) is 13.4. The van der Waals surface area contributed by atoms with Crippen molar-refractivity contribution < 1.29 is 41.0 Å². The molecule has 3 atom stereocenters. The third-order valence-corrected chi connectivity index (χ3v) is 8.91. The van der Waals surface area contributed by atoms with Crippen LogP contribution in [0.15, 0.2) is 71.6 Å². The van der Waals surface area contributed by atoms with Crippen LogP contribution < -0.4 is 14.2 Å². The van der Waals surface area contributed by atoms with Crippen molar-refractivity contribution in [3.8, 4) is 11.5 Å². The van der Waals surface area contributed by atoms with E-state index in [1.165, 1.54) is 54.5 Å². The maximum absolute atomic E-state index is 13.7. The van der Waals surface area contributed by atoms with Crippen molar-refractivity contribution in [1.82, 2.24) is 9.80 Å². The number of amides is 1. The third-order valence-electron chi connectivity index (χ3n) is 7.53. The van der Waals surface area contributed by atoms with Crippen LogP contribution in [0.5, 0.6) is 11.5 Å². The van der Waals surface area contributed by atoms with E-state index in [0.717, 1.165) is 12.1 Å². The molecule has 1 heterocycles. The fourth-order valence-corrected chi connectivity index (χ4v) is 6.05. The minimum absolute atomic E-state index is 0.0233. The Labute approximate surface area is 255 Å². The van der Waals surface area contributed by atoms with E-state index in [0.29, 0.717) is 24.4 Å². The monoisotopic (exact) mass is 635 g/mol. The average Bonchev–Trinajstić information content (AvgIpc) is 2.98. The quantitative estimate of drug-likeness (QED) is 0.328. The summed E-state index contributed by atoms with van der Waals surface area (Å²) in [7, 11) is -0.829. The lowest BCUT2D eigenvalue weighted by atomic mass is 9.99. The van der Waals surface area contributed by atoms with Crippen molar-refractivity contribution in [3.05, 3.63) is 83.4 Å². The Morgan fingerprint density at radius 1 is 1.11 bits per heavy atom. The maximum atomic E-state index is 13.7. The Kier molecular flexibility index (Phi) is 10.1. The third kappa shape index (κ3) is 7.63. The van der Waals surface area contributed by atoms with Crippen molar-refractivity contribution in [2.24, 2.45) is 5.92 Å². The zero-order valence-corrected chi connectivity index (χ0v) is 25.7. The van der Waals surface area contributed by atoms with E-state index in [1.54, 1.807) is 26.1 Å². The van der Waals surface area contributed by atoms with Crippen LogP contribution in [-0.4, -0.2) is 75.2 Å². The zero-order valence-electron chi connectivity index (χ0n) is 24.8. The molecule has 0 aromatic heterocycles. The number of carbonyl (C=O) groups excluding carboxylic acids is 1. The number of aliphatic hydroxyl groups is 1. The lowest BCUT2D eigenvalue weighted by molar-refractivity contribution is -0.137. The fourth-order valence-electron chi connectivity index (χ4n) is 4.98. The second-order valence-corrected chi connectivity index (χ2v) is 12.7. The summed E-state index contributed by atoms with van der Waals surface area (Å²) >= 11 is 0. The number of nitrogens with zero attached hydrogens (tertiary/aromatic N) is 2. The van der Waals surface area contributed by atoms with E-state index in [2.05, 4.69) is 4.72 Å². The number of halogens is 3. The molecule has 2 N–H and O–H groups in total. The Balaban J connectivity index is 1.66. The van der Waals surface area contributed by atoms with Gasteiger partial charge in [-0.05, 0) is 68.1 Å². The average molecular weight is 636 g/mol. The fraction of sp³-hybridized carbons (Fsp3) is 0.387. The Hall–Kier alpha value is -3.81. The highest BCUT2D eigenvalue weighted by atomic mass is 32.2. The van der Waals surface area contributed by atoms with Crippen LogP contribution in [0.1, 0.15) is 35.3 Å². The molecule has 3 aromatic carbocycles. The normalized spacial score (nSPS) is 18.2. The van der Waals surface area contributed by atoms with Crippen LogP contribution >= 0.6 is 0 Å². The number of para-hydroxylation sites is 1. The molecule has 238 valence electrons. The number of benzene rings is 3. The Morgan fingerprint density at radius 2 is 1.77 bits per heavy atom. The number of fused-ring (bicyclic) bond motifs is 1. The van der Waals surface area contributed by atoms with E-state index in [1.807, 2.05) is 11.8 Å². The topological polar surface area (TPSA) is 108 Å². The van der Waals surface area contributed by atoms with Gasteiger partial charge in [0.15, 0.2) is 5.75 Å². The van der Waals surface area contributed by atoms with Gasteiger partial charge in [-0.2, -0.15) is 13.2 Å². The van der Waals surface area contributed by atoms with Crippen molar-refractivity contribution in [2.45, 2.75) is 43.6 Å². The first-order valence-corrected chi connectivity index (χ1v) is 15.4. The van der Waals surface area contributed by atoms with Gasteiger partial charge >= 0.3 is 6.18 Å². The van der Waals surface area contributed by atoms with Crippen molar-refractivity contribution in [3.63, 3.8) is 0 Å². The highest BCUT2D eigenvalue weighted by Gasteiger charge is 2.35. The molecule has 0 fully saturated rings. The van der Waals surface area contributed by atoms with E-state index in [9.17, 15) is 31.5 Å². The number of methoxy groups -OCH3 is 1. The highest BCUT2D eigenvalue weighted by Crippen LogP contribution is 2.36. The molecule has 1 amide bonds. The number of hydrogen-bond donors (Lipinski definition) is 2. The lowest BCUT2D eigenvalue weighted by Crippen LogP contribution is -2.49. The number of sulfonamides is 1. The molecule has 0 radical (unpaired) electrons. The number of aliphatic hydroxyl groups excluding tert-OH is 1. The van der Waals surface area contributed by atoms with E-state index in [4.69, 9.17) is 9.47 Å². The summed E-state index contributed by atoms with van der Waals surface area (Å²) in [6, 6.07) is 14.8. The van der Waals surface area contributed by atoms with Gasteiger partial charge in [0, 0.05) is 25.6 Å². The van der Waals surface area contributed by atoms with Crippen LogP contribution in [0.4, 0.5) is 18.9 Å². The standard InChI is InChI=1S/C31H36F3N3O6S/c1-20-16-37(21(2)19-38)30(39)26-6-5-7-27(35-44(40,41)25-14-12-24(42-4)13-15-25)29(26)43-28(20)18-36(3)17-22-8-10-23(11-9-22)31(32,33)34/h5-15,20-21,28,35,38H,16-19H2,1-4H3/t20-,21-,28-/m1/s1. The molecule has 1 aliphatic heterocycles. The van der Waals surface area contributed by atoms with Crippen LogP contribution in [0.2, 0.25) is 0 Å². The summed E-state index contributed by atoms with van der Waals surface area (Å²) in [5.74, 6) is -0.167. The predicted molar refractivity (Wildman–Crippen MR) is 159 cm³/mol. The smallest absolute Gasteiger partial charge is 0.416 e. The SMILES string of the molecule is COc1ccc(S(=O)(=O)Nc2cccc3c2O[C@H](CN(C)Cc2ccc(C(F)(F)F)cc2)[C@H](C)CN([C@H](C)CO)C3=O)cc1. The number of hydrogen-bond acceptors (Lipinski definition) is 7. The molecular formula is C31H36F3N3O6S. The van der Waals surface area contributed by atoms with Crippen LogP contribution in [0.3, 0.4) is 0 Å². The first-order valence-electron chi connectivity index (χ1n) is 14.0. The number of likely N-dealkylation sites (N-methyl/N-ethyl adjacent to an activating group) is 1. The van der Waals surface area contributed by atoms with Gasteiger partial charge < -0.3 is 19.5 Å². The summed E-state index contributed by atoms with van der Waals surface area (Å²) < 4.78 is 79.8.